The second kappa shape index (κ2) is 8.64. The van der Waals surface area contributed by atoms with Crippen molar-refractivity contribution in [2.45, 2.75) is 32.7 Å². The zero-order valence-corrected chi connectivity index (χ0v) is 15.4. The van der Waals surface area contributed by atoms with Crippen molar-refractivity contribution in [1.29, 1.82) is 0 Å². The molecule has 2 aromatic carbocycles. The number of nitro benzene ring substituents is 1. The van der Waals surface area contributed by atoms with Gasteiger partial charge in [-0.05, 0) is 56.0 Å². The standard InChI is InChI=1S/C20H24N4O3/c1-15(21-22-18-7-3-4-8-19(18)24(26)27)16-9-10-20(25)17(13-16)14-23-11-5-2-6-12-23/h3-4,7-10,13,22,25H,2,5-6,11-12,14H2,1H3/p+1/b21-15+. The van der Waals surface area contributed by atoms with E-state index in [-0.39, 0.29) is 5.69 Å². The number of phenols is 1. The Hall–Kier alpha value is -2.93. The normalized spacial score (nSPS) is 15.5. The van der Waals surface area contributed by atoms with Crippen LogP contribution in [-0.4, -0.2) is 28.8 Å². The number of nitrogens with one attached hydrogen (secondary N) is 2. The monoisotopic (exact) mass is 369 g/mol. The van der Waals surface area contributed by atoms with Gasteiger partial charge in [0.15, 0.2) is 0 Å². The van der Waals surface area contributed by atoms with Gasteiger partial charge in [0.05, 0.1) is 23.7 Å². The highest BCUT2D eigenvalue weighted by Gasteiger charge is 2.17. The highest BCUT2D eigenvalue weighted by molar-refractivity contribution is 5.99. The van der Waals surface area contributed by atoms with E-state index < -0.39 is 4.92 Å². The number of likely N-dealkylation sites (tertiary alicyclic amines) is 1. The fraction of sp³-hybridized carbons (Fsp3) is 0.350. The van der Waals surface area contributed by atoms with E-state index in [1.54, 1.807) is 24.3 Å². The number of phenolic OH excluding ortho intramolecular Hbond substituents is 1. The molecular weight excluding hydrogens is 344 g/mol. The van der Waals surface area contributed by atoms with Gasteiger partial charge in [-0.3, -0.25) is 15.5 Å². The zero-order chi connectivity index (χ0) is 19.2. The van der Waals surface area contributed by atoms with E-state index in [2.05, 4.69) is 10.5 Å². The van der Waals surface area contributed by atoms with E-state index in [1.165, 1.54) is 30.2 Å². The summed E-state index contributed by atoms with van der Waals surface area (Å²) in [5.74, 6) is 0.302. The SMILES string of the molecule is C/C(=N\Nc1ccccc1[N+](=O)[O-])c1ccc(O)c(C[NH+]2CCCCC2)c1. The van der Waals surface area contributed by atoms with Gasteiger partial charge >= 0.3 is 0 Å². The van der Waals surface area contributed by atoms with Gasteiger partial charge in [0, 0.05) is 11.6 Å². The first-order valence-electron chi connectivity index (χ1n) is 9.24. The van der Waals surface area contributed by atoms with Crippen LogP contribution in [0, 0.1) is 10.1 Å². The lowest BCUT2D eigenvalue weighted by atomic mass is 10.0. The Kier molecular flexibility index (Phi) is 6.03. The fourth-order valence-electron chi connectivity index (χ4n) is 3.39. The van der Waals surface area contributed by atoms with Crippen molar-refractivity contribution in [3.05, 3.63) is 63.7 Å². The predicted octanol–water partition coefficient (Wildman–Crippen LogP) is 2.71. The summed E-state index contributed by atoms with van der Waals surface area (Å²) < 4.78 is 0. The fourth-order valence-corrected chi connectivity index (χ4v) is 3.39. The number of aromatic hydroxyl groups is 1. The van der Waals surface area contributed by atoms with Crippen LogP contribution in [0.2, 0.25) is 0 Å². The molecule has 7 nitrogen and oxygen atoms in total. The first-order chi connectivity index (χ1) is 13.0. The molecule has 0 aliphatic carbocycles. The topological polar surface area (TPSA) is 92.2 Å². The van der Waals surface area contributed by atoms with Crippen LogP contribution in [0.1, 0.15) is 37.3 Å². The maximum Gasteiger partial charge on any atom is 0.294 e. The number of para-hydroxylation sites is 2. The molecule has 2 aromatic rings. The molecular formula is C20H25N4O3+. The summed E-state index contributed by atoms with van der Waals surface area (Å²) in [5, 5.41) is 25.6. The van der Waals surface area contributed by atoms with E-state index in [9.17, 15) is 15.2 Å². The number of anilines is 1. The maximum atomic E-state index is 11.1. The van der Waals surface area contributed by atoms with Crippen LogP contribution in [0.3, 0.4) is 0 Å². The second-order valence-electron chi connectivity index (χ2n) is 6.91. The Bertz CT molecular complexity index is 845. The number of nitro groups is 1. The van der Waals surface area contributed by atoms with Gasteiger partial charge < -0.3 is 10.0 Å². The lowest BCUT2D eigenvalue weighted by molar-refractivity contribution is -0.918. The molecule has 7 heteroatoms. The van der Waals surface area contributed by atoms with Gasteiger partial charge in [-0.1, -0.05) is 12.1 Å². The molecule has 0 atom stereocenters. The molecule has 1 aliphatic heterocycles. The smallest absolute Gasteiger partial charge is 0.294 e. The molecule has 142 valence electrons. The molecule has 1 fully saturated rings. The Labute approximate surface area is 158 Å². The number of hydrazone groups is 1. The van der Waals surface area contributed by atoms with Gasteiger partial charge in [0.1, 0.15) is 18.0 Å². The molecule has 0 unspecified atom stereocenters. The predicted molar refractivity (Wildman–Crippen MR) is 105 cm³/mol. The molecule has 0 amide bonds. The van der Waals surface area contributed by atoms with Crippen molar-refractivity contribution in [3.8, 4) is 5.75 Å². The highest BCUT2D eigenvalue weighted by atomic mass is 16.6. The zero-order valence-electron chi connectivity index (χ0n) is 15.4. The van der Waals surface area contributed by atoms with Gasteiger partial charge in [0.25, 0.3) is 5.69 Å². The Morgan fingerprint density at radius 2 is 1.96 bits per heavy atom. The summed E-state index contributed by atoms with van der Waals surface area (Å²) >= 11 is 0. The molecule has 3 N–H and O–H groups in total. The van der Waals surface area contributed by atoms with E-state index in [0.717, 1.165) is 30.8 Å². The summed E-state index contributed by atoms with van der Waals surface area (Å²) in [7, 11) is 0. The van der Waals surface area contributed by atoms with Crippen molar-refractivity contribution < 1.29 is 14.9 Å². The molecule has 0 spiro atoms. The van der Waals surface area contributed by atoms with Crippen LogP contribution in [0.4, 0.5) is 11.4 Å². The van der Waals surface area contributed by atoms with Crippen molar-refractivity contribution in [3.63, 3.8) is 0 Å². The quantitative estimate of drug-likeness (QED) is 0.415. The average molecular weight is 369 g/mol. The van der Waals surface area contributed by atoms with Crippen molar-refractivity contribution >= 4 is 17.1 Å². The molecule has 0 bridgehead atoms. The van der Waals surface area contributed by atoms with Gasteiger partial charge in [-0.25, -0.2) is 0 Å². The molecule has 27 heavy (non-hydrogen) atoms. The number of hydrogen-bond acceptors (Lipinski definition) is 5. The number of quaternary nitrogens is 1. The lowest BCUT2D eigenvalue weighted by Gasteiger charge is -2.24. The van der Waals surface area contributed by atoms with E-state index in [4.69, 9.17) is 0 Å². The van der Waals surface area contributed by atoms with Crippen LogP contribution in [-0.2, 0) is 6.54 Å². The molecule has 0 saturated carbocycles. The maximum absolute atomic E-state index is 11.1. The van der Waals surface area contributed by atoms with Crippen molar-refractivity contribution in [1.82, 2.24) is 0 Å². The number of rotatable bonds is 6. The van der Waals surface area contributed by atoms with Crippen LogP contribution in [0.15, 0.2) is 47.6 Å². The largest absolute Gasteiger partial charge is 0.507 e. The highest BCUT2D eigenvalue weighted by Crippen LogP contribution is 2.23. The number of hydrogen-bond donors (Lipinski definition) is 3. The molecule has 1 saturated heterocycles. The van der Waals surface area contributed by atoms with Crippen molar-refractivity contribution in [2.75, 3.05) is 18.5 Å². The second-order valence-corrected chi connectivity index (χ2v) is 6.91. The third-order valence-electron chi connectivity index (χ3n) is 4.94. The van der Waals surface area contributed by atoms with E-state index in [0.29, 0.717) is 17.1 Å². The van der Waals surface area contributed by atoms with E-state index >= 15 is 0 Å². The first-order valence-corrected chi connectivity index (χ1v) is 9.24. The number of benzene rings is 2. The molecule has 0 aromatic heterocycles. The average Bonchev–Trinajstić information content (AvgIpc) is 2.68. The summed E-state index contributed by atoms with van der Waals surface area (Å²) in [6.45, 7) is 4.90. The van der Waals surface area contributed by atoms with Gasteiger partial charge in [-0.15, -0.1) is 0 Å². The van der Waals surface area contributed by atoms with Crippen LogP contribution in [0.5, 0.6) is 5.75 Å². The van der Waals surface area contributed by atoms with Crippen LogP contribution in [0.25, 0.3) is 0 Å². The Morgan fingerprint density at radius 1 is 1.22 bits per heavy atom. The van der Waals surface area contributed by atoms with Crippen molar-refractivity contribution in [2.24, 2.45) is 5.10 Å². The van der Waals surface area contributed by atoms with Gasteiger partial charge in [0.2, 0.25) is 0 Å². The minimum atomic E-state index is -0.437. The molecule has 1 aliphatic rings. The van der Waals surface area contributed by atoms with Crippen LogP contribution < -0.4 is 10.3 Å². The molecule has 0 radical (unpaired) electrons. The third kappa shape index (κ3) is 4.83. The summed E-state index contributed by atoms with van der Waals surface area (Å²) in [4.78, 5) is 12.1. The minimum Gasteiger partial charge on any atom is -0.507 e. The Morgan fingerprint density at radius 3 is 2.70 bits per heavy atom. The number of nitrogens with zero attached hydrogens (tertiary/aromatic N) is 2. The van der Waals surface area contributed by atoms with E-state index in [1.807, 2.05) is 19.1 Å². The third-order valence-corrected chi connectivity index (χ3v) is 4.94. The molecule has 3 rings (SSSR count). The Balaban J connectivity index is 1.76. The summed E-state index contributed by atoms with van der Waals surface area (Å²) in [5.41, 5.74) is 5.60. The van der Waals surface area contributed by atoms with Crippen LogP contribution >= 0.6 is 0 Å². The van der Waals surface area contributed by atoms with Gasteiger partial charge in [-0.2, -0.15) is 5.10 Å². The lowest BCUT2D eigenvalue weighted by Crippen LogP contribution is -3.11. The number of piperidine rings is 1. The summed E-state index contributed by atoms with van der Waals surface area (Å²) in [6, 6.07) is 11.9. The summed E-state index contributed by atoms with van der Waals surface area (Å²) in [6.07, 6.45) is 3.75. The minimum absolute atomic E-state index is 0.0193. The first kappa shape index (κ1) is 18.8. The molecule has 1 heterocycles.